The molecule has 0 saturated heterocycles. The summed E-state index contributed by atoms with van der Waals surface area (Å²) in [6.45, 7) is 8.13. The SMILES string of the molecule is Cc1c(CCCC(C)CCCS(=O)(=O)C(C)C)ccc2c1OCO2. The van der Waals surface area contributed by atoms with Gasteiger partial charge in [0, 0.05) is 0 Å². The number of sulfone groups is 1. The Kier molecular flexibility index (Phi) is 6.55. The highest BCUT2D eigenvalue weighted by molar-refractivity contribution is 7.91. The van der Waals surface area contributed by atoms with E-state index >= 15 is 0 Å². The molecule has 0 aromatic heterocycles. The molecule has 0 saturated carbocycles. The second kappa shape index (κ2) is 8.24. The Hall–Kier alpha value is -1.23. The molecule has 0 N–H and O–H groups in total. The summed E-state index contributed by atoms with van der Waals surface area (Å²) in [4.78, 5) is 0. The monoisotopic (exact) mass is 354 g/mol. The first-order valence-corrected chi connectivity index (χ1v) is 10.6. The van der Waals surface area contributed by atoms with E-state index in [0.29, 0.717) is 18.5 Å². The van der Waals surface area contributed by atoms with Crippen molar-refractivity contribution >= 4 is 9.84 Å². The molecular formula is C19H30O4S. The minimum absolute atomic E-state index is 0.262. The fraction of sp³-hybridized carbons (Fsp3) is 0.684. The molecule has 1 aromatic carbocycles. The van der Waals surface area contributed by atoms with Crippen LogP contribution in [0, 0.1) is 12.8 Å². The molecule has 0 aliphatic carbocycles. The van der Waals surface area contributed by atoms with E-state index in [-0.39, 0.29) is 5.25 Å². The van der Waals surface area contributed by atoms with E-state index in [0.717, 1.165) is 43.6 Å². The van der Waals surface area contributed by atoms with Gasteiger partial charge in [-0.2, -0.15) is 0 Å². The Labute approximate surface area is 146 Å². The van der Waals surface area contributed by atoms with Crippen molar-refractivity contribution in [1.29, 1.82) is 0 Å². The van der Waals surface area contributed by atoms with Crippen LogP contribution in [0.2, 0.25) is 0 Å². The van der Waals surface area contributed by atoms with Gasteiger partial charge in [0.1, 0.15) is 0 Å². The molecule has 0 amide bonds. The zero-order valence-electron chi connectivity index (χ0n) is 15.3. The van der Waals surface area contributed by atoms with E-state index < -0.39 is 9.84 Å². The van der Waals surface area contributed by atoms with Gasteiger partial charge in [0.05, 0.1) is 11.0 Å². The molecule has 2 rings (SSSR count). The molecule has 4 nitrogen and oxygen atoms in total. The number of benzene rings is 1. The Morgan fingerprint density at radius 3 is 2.50 bits per heavy atom. The second-order valence-corrected chi connectivity index (χ2v) is 9.82. The summed E-state index contributed by atoms with van der Waals surface area (Å²) < 4.78 is 34.6. The van der Waals surface area contributed by atoms with Gasteiger partial charge in [-0.05, 0) is 69.6 Å². The van der Waals surface area contributed by atoms with Gasteiger partial charge in [-0.15, -0.1) is 0 Å². The average Bonchev–Trinajstić information content (AvgIpc) is 2.98. The van der Waals surface area contributed by atoms with Gasteiger partial charge in [0.15, 0.2) is 21.3 Å². The lowest BCUT2D eigenvalue weighted by Gasteiger charge is -2.13. The molecule has 0 spiro atoms. The van der Waals surface area contributed by atoms with Crippen LogP contribution in [0.1, 0.15) is 57.6 Å². The molecule has 5 heteroatoms. The van der Waals surface area contributed by atoms with Crippen molar-refractivity contribution in [1.82, 2.24) is 0 Å². The number of fused-ring (bicyclic) bond motifs is 1. The first-order chi connectivity index (χ1) is 11.3. The Balaban J connectivity index is 1.73. The molecule has 1 aliphatic heterocycles. The van der Waals surface area contributed by atoms with Gasteiger partial charge in [0.25, 0.3) is 0 Å². The molecule has 0 fully saturated rings. The largest absolute Gasteiger partial charge is 0.454 e. The Bertz CT molecular complexity index is 650. The van der Waals surface area contributed by atoms with Crippen LogP contribution in [0.5, 0.6) is 11.5 Å². The lowest BCUT2D eigenvalue weighted by molar-refractivity contribution is 0.173. The van der Waals surface area contributed by atoms with Crippen LogP contribution in [0.4, 0.5) is 0 Å². The maximum Gasteiger partial charge on any atom is 0.231 e. The third-order valence-electron chi connectivity index (χ3n) is 4.89. The number of hydrogen-bond acceptors (Lipinski definition) is 4. The van der Waals surface area contributed by atoms with Crippen LogP contribution < -0.4 is 9.47 Å². The minimum atomic E-state index is -2.89. The van der Waals surface area contributed by atoms with Crippen LogP contribution >= 0.6 is 0 Å². The van der Waals surface area contributed by atoms with Gasteiger partial charge < -0.3 is 9.47 Å². The second-order valence-electron chi connectivity index (χ2n) is 7.14. The molecule has 0 bridgehead atoms. The van der Waals surface area contributed by atoms with E-state index in [1.54, 1.807) is 13.8 Å². The molecule has 1 aromatic rings. The van der Waals surface area contributed by atoms with Crippen molar-refractivity contribution in [3.63, 3.8) is 0 Å². The minimum Gasteiger partial charge on any atom is -0.454 e. The van der Waals surface area contributed by atoms with Crippen molar-refractivity contribution in [2.75, 3.05) is 12.5 Å². The van der Waals surface area contributed by atoms with Gasteiger partial charge >= 0.3 is 0 Å². The van der Waals surface area contributed by atoms with E-state index in [4.69, 9.17) is 9.47 Å². The highest BCUT2D eigenvalue weighted by atomic mass is 32.2. The van der Waals surface area contributed by atoms with Crippen LogP contribution in [0.3, 0.4) is 0 Å². The molecule has 24 heavy (non-hydrogen) atoms. The molecule has 1 unspecified atom stereocenters. The van der Waals surface area contributed by atoms with Gasteiger partial charge in [-0.1, -0.05) is 19.4 Å². The molecule has 136 valence electrons. The zero-order valence-corrected chi connectivity index (χ0v) is 16.1. The fourth-order valence-corrected chi connectivity index (χ4v) is 4.12. The van der Waals surface area contributed by atoms with Crippen LogP contribution in [0.25, 0.3) is 0 Å². The normalized spacial score (nSPS) is 15.0. The topological polar surface area (TPSA) is 52.6 Å². The molecule has 0 radical (unpaired) electrons. The maximum absolute atomic E-state index is 11.8. The predicted octanol–water partition coefficient (Wildman–Crippen LogP) is 4.29. The van der Waals surface area contributed by atoms with Crippen LogP contribution in [-0.2, 0) is 16.3 Å². The Morgan fingerprint density at radius 1 is 1.08 bits per heavy atom. The van der Waals surface area contributed by atoms with E-state index in [1.165, 1.54) is 11.1 Å². The quantitative estimate of drug-likeness (QED) is 0.664. The molecule has 1 heterocycles. The summed E-state index contributed by atoms with van der Waals surface area (Å²) in [6, 6.07) is 4.12. The van der Waals surface area contributed by atoms with Crippen molar-refractivity contribution in [3.8, 4) is 11.5 Å². The maximum atomic E-state index is 11.8. The summed E-state index contributed by atoms with van der Waals surface area (Å²) in [5.74, 6) is 2.60. The van der Waals surface area contributed by atoms with Gasteiger partial charge in [0.2, 0.25) is 6.79 Å². The first-order valence-electron chi connectivity index (χ1n) is 8.91. The molecule has 1 aliphatic rings. The Morgan fingerprint density at radius 2 is 1.79 bits per heavy atom. The third-order valence-corrected chi connectivity index (χ3v) is 7.18. The smallest absolute Gasteiger partial charge is 0.231 e. The predicted molar refractivity (Wildman–Crippen MR) is 97.6 cm³/mol. The summed E-state index contributed by atoms with van der Waals surface area (Å²) in [6.07, 6.45) is 5.00. The highest BCUT2D eigenvalue weighted by Crippen LogP contribution is 2.37. The van der Waals surface area contributed by atoms with Gasteiger partial charge in [-0.3, -0.25) is 0 Å². The summed E-state index contributed by atoms with van der Waals surface area (Å²) in [7, 11) is -2.89. The summed E-state index contributed by atoms with van der Waals surface area (Å²) in [5, 5.41) is -0.262. The summed E-state index contributed by atoms with van der Waals surface area (Å²) in [5.41, 5.74) is 2.49. The third kappa shape index (κ3) is 4.88. The lowest BCUT2D eigenvalue weighted by Crippen LogP contribution is -2.18. The first kappa shape index (κ1) is 19.1. The van der Waals surface area contributed by atoms with Crippen molar-refractivity contribution in [2.45, 2.75) is 65.0 Å². The fourth-order valence-electron chi connectivity index (χ4n) is 3.08. The average molecular weight is 355 g/mol. The lowest BCUT2D eigenvalue weighted by atomic mass is 9.95. The van der Waals surface area contributed by atoms with Crippen LogP contribution in [0.15, 0.2) is 12.1 Å². The standard InChI is InChI=1S/C19H30O4S/c1-14(2)24(20,21)12-6-8-15(3)7-5-9-17-10-11-18-19(16(17)4)23-13-22-18/h10-11,14-15H,5-9,12-13H2,1-4H3. The van der Waals surface area contributed by atoms with E-state index in [9.17, 15) is 8.42 Å². The van der Waals surface area contributed by atoms with Crippen LogP contribution in [-0.4, -0.2) is 26.2 Å². The number of rotatable bonds is 9. The molecule has 1 atom stereocenters. The van der Waals surface area contributed by atoms with E-state index in [1.807, 2.05) is 6.07 Å². The number of ether oxygens (including phenoxy) is 2. The van der Waals surface area contributed by atoms with Crippen molar-refractivity contribution in [3.05, 3.63) is 23.3 Å². The number of aryl methyl sites for hydroxylation is 1. The summed E-state index contributed by atoms with van der Waals surface area (Å²) >= 11 is 0. The van der Waals surface area contributed by atoms with Crippen molar-refractivity contribution in [2.24, 2.45) is 5.92 Å². The number of hydrogen-bond donors (Lipinski definition) is 0. The van der Waals surface area contributed by atoms with Crippen molar-refractivity contribution < 1.29 is 17.9 Å². The zero-order chi connectivity index (χ0) is 17.7. The van der Waals surface area contributed by atoms with Gasteiger partial charge in [-0.25, -0.2) is 8.42 Å². The van der Waals surface area contributed by atoms with E-state index in [2.05, 4.69) is 19.9 Å². The highest BCUT2D eigenvalue weighted by Gasteiger charge is 2.18. The molecular weight excluding hydrogens is 324 g/mol.